The molecule has 2 aromatic heterocycles. The zero-order valence-electron chi connectivity index (χ0n) is 44.5. The Bertz CT molecular complexity index is 2820. The number of benzene rings is 2. The number of carbonyl (C=O) groups is 4. The molecule has 4 aromatic rings. The number of halogens is 1. The van der Waals surface area contributed by atoms with Gasteiger partial charge in [0.25, 0.3) is 32.7 Å². The second-order valence-corrected chi connectivity index (χ2v) is 22.8. The van der Waals surface area contributed by atoms with E-state index in [1.165, 1.54) is 65.5 Å². The molecule has 0 radical (unpaired) electrons. The van der Waals surface area contributed by atoms with Gasteiger partial charge in [-0.15, -0.1) is 0 Å². The molecule has 2 unspecified atom stereocenters. The number of nitrogens with one attached hydrogen (secondary N) is 3. The van der Waals surface area contributed by atoms with E-state index in [1.54, 1.807) is 14.1 Å². The van der Waals surface area contributed by atoms with Crippen molar-refractivity contribution in [1.82, 2.24) is 34.1 Å². The lowest BCUT2D eigenvalue weighted by molar-refractivity contribution is 0.0981. The molecule has 25 heteroatoms. The van der Waals surface area contributed by atoms with Crippen LogP contribution in [0.5, 0.6) is 11.5 Å². The molecule has 2 atom stereocenters. The van der Waals surface area contributed by atoms with E-state index >= 15 is 0 Å². The summed E-state index contributed by atoms with van der Waals surface area (Å²) in [5, 5.41) is 14.0. The minimum atomic E-state index is -4.06. The molecule has 22 nitrogen and oxygen atoms in total. The predicted octanol–water partition coefficient (Wildman–Crippen LogP) is 5.14. The molecule has 416 valence electrons. The number of likely N-dealkylation sites (tertiary alicyclic amines) is 2. The molecule has 4 heterocycles. The van der Waals surface area contributed by atoms with Gasteiger partial charge in [0.05, 0.1) is 56.9 Å². The van der Waals surface area contributed by atoms with Crippen LogP contribution in [-0.2, 0) is 46.0 Å². The Morgan fingerprint density at radius 2 is 1.09 bits per heavy atom. The number of anilines is 2. The zero-order chi connectivity index (χ0) is 55.6. The van der Waals surface area contributed by atoms with Crippen molar-refractivity contribution in [2.75, 3.05) is 64.1 Å². The van der Waals surface area contributed by atoms with Crippen molar-refractivity contribution >= 4 is 64.8 Å². The lowest BCUT2D eigenvalue weighted by atomic mass is 10.1. The monoisotopic (exact) mass is 1100 g/mol. The fraction of sp³-hybridized carbons (Fsp3) is 0.560. The largest absolute Gasteiger partial charge is 0.493 e. The number of amides is 4. The van der Waals surface area contributed by atoms with Crippen LogP contribution in [0.25, 0.3) is 0 Å². The van der Waals surface area contributed by atoms with Crippen LogP contribution >= 0.6 is 10.7 Å². The second kappa shape index (κ2) is 29.0. The van der Waals surface area contributed by atoms with Gasteiger partial charge in [-0.1, -0.05) is 40.5 Å². The van der Waals surface area contributed by atoms with Crippen molar-refractivity contribution in [2.24, 2.45) is 31.3 Å². The van der Waals surface area contributed by atoms with Gasteiger partial charge in [0, 0.05) is 43.4 Å². The smallest absolute Gasteiger partial charge is 0.269 e. The Balaban J connectivity index is 0.000000283. The quantitative estimate of drug-likeness (QED) is 0.0495. The van der Waals surface area contributed by atoms with Crippen molar-refractivity contribution < 1.29 is 45.5 Å². The van der Waals surface area contributed by atoms with Crippen LogP contribution in [0.2, 0.25) is 0 Å². The number of sulfonamides is 1. The van der Waals surface area contributed by atoms with Crippen molar-refractivity contribution in [3.8, 4) is 11.5 Å². The first-order valence-electron chi connectivity index (χ1n) is 25.5. The third-order valence-electron chi connectivity index (χ3n) is 12.7. The Hall–Kier alpha value is -5.63. The van der Waals surface area contributed by atoms with Gasteiger partial charge < -0.3 is 47.1 Å². The molecule has 75 heavy (non-hydrogen) atoms. The number of hydrogen-bond acceptors (Lipinski definition) is 15. The van der Waals surface area contributed by atoms with E-state index < -0.39 is 42.7 Å². The summed E-state index contributed by atoms with van der Waals surface area (Å²) in [5.41, 5.74) is 18.0. The van der Waals surface area contributed by atoms with Crippen molar-refractivity contribution in [3.05, 3.63) is 70.3 Å². The van der Waals surface area contributed by atoms with Gasteiger partial charge >= 0.3 is 0 Å². The normalized spacial score (nSPS) is 15.9. The van der Waals surface area contributed by atoms with Gasteiger partial charge in [-0.2, -0.15) is 10.2 Å². The number of primary amides is 2. The molecular weight excluding hydrogens is 1030 g/mol. The molecule has 0 spiro atoms. The maximum absolute atomic E-state index is 13.4. The highest BCUT2D eigenvalue weighted by Crippen LogP contribution is 2.30. The van der Waals surface area contributed by atoms with Crippen molar-refractivity contribution in [1.29, 1.82) is 0 Å². The lowest BCUT2D eigenvalue weighted by Gasteiger charge is -2.19. The molecule has 9 N–H and O–H groups in total. The molecule has 2 fully saturated rings. The van der Waals surface area contributed by atoms with Crippen molar-refractivity contribution in [2.45, 2.75) is 127 Å². The molecular formula is C50H77ClN12O10S2. The molecule has 2 aliphatic heterocycles. The van der Waals surface area contributed by atoms with Crippen LogP contribution in [0.3, 0.4) is 0 Å². The number of ether oxygens (including phenoxy) is 2. The van der Waals surface area contributed by atoms with Crippen LogP contribution in [0.1, 0.15) is 145 Å². The molecule has 0 aliphatic carbocycles. The molecule has 0 saturated carbocycles. The zero-order valence-corrected chi connectivity index (χ0v) is 46.9. The first-order chi connectivity index (χ1) is 35.5. The highest BCUT2D eigenvalue weighted by atomic mass is 35.7. The molecule has 0 bridgehead atoms. The Morgan fingerprint density at radius 1 is 0.667 bits per heavy atom. The van der Waals surface area contributed by atoms with Crippen LogP contribution in [0.4, 0.5) is 11.4 Å². The van der Waals surface area contributed by atoms with Gasteiger partial charge in [-0.25, -0.2) is 21.6 Å². The van der Waals surface area contributed by atoms with E-state index in [0.29, 0.717) is 69.3 Å². The highest BCUT2D eigenvalue weighted by Gasteiger charge is 2.28. The van der Waals surface area contributed by atoms with Crippen LogP contribution in [0.15, 0.2) is 46.2 Å². The first kappa shape index (κ1) is 61.9. The maximum Gasteiger partial charge on any atom is 0.269 e. The first-order valence-corrected chi connectivity index (χ1v) is 29.2. The minimum Gasteiger partial charge on any atom is -0.493 e. The molecule has 6 rings (SSSR count). The summed E-state index contributed by atoms with van der Waals surface area (Å²) < 4.78 is 66.1. The fourth-order valence-corrected chi connectivity index (χ4v) is 10.7. The highest BCUT2D eigenvalue weighted by molar-refractivity contribution is 8.13. The van der Waals surface area contributed by atoms with Gasteiger partial charge in [-0.3, -0.25) is 28.5 Å². The van der Waals surface area contributed by atoms with Crippen molar-refractivity contribution in [3.63, 3.8) is 0 Å². The topological polar surface area (TPSA) is 311 Å². The van der Waals surface area contributed by atoms with Crippen LogP contribution < -0.4 is 42.0 Å². The summed E-state index contributed by atoms with van der Waals surface area (Å²) in [6, 6.07) is 9.09. The van der Waals surface area contributed by atoms with Gasteiger partial charge in [0.2, 0.25) is 10.0 Å². The SMILES string of the molecule is CCCOc1ccc(S(=O)(=O)Cl)cc1C(=O)Nc1c(CCC)nn(C)c1C(N)=O.CCCOc1ccc(S(=O)(=O)NCCC2CCCN2C)cc1C(=O)Nc1c(CCC)nn(C)c1C(N)=O.CN1CCCC1CCN. The third kappa shape index (κ3) is 17.2. The number of aromatic nitrogens is 4. The summed E-state index contributed by atoms with van der Waals surface area (Å²) in [5.74, 6) is -2.35. The van der Waals surface area contributed by atoms with E-state index in [-0.39, 0.29) is 55.2 Å². The van der Waals surface area contributed by atoms with E-state index in [4.69, 9.17) is 37.4 Å². The third-order valence-corrected chi connectivity index (χ3v) is 15.5. The summed E-state index contributed by atoms with van der Waals surface area (Å²) in [4.78, 5) is 54.7. The predicted molar refractivity (Wildman–Crippen MR) is 290 cm³/mol. The number of carbonyl (C=O) groups excluding carboxylic acids is 4. The Kier molecular flexibility index (Phi) is 24.0. The average molecular weight is 1110 g/mol. The number of rotatable bonds is 24. The standard InChI is InChI=1S/C25H38N6O5S.C18H23ClN4O5S.C7H16N2/c1-5-8-20-22(23(24(26)32)31(4)29-20)28-25(33)19-16-18(10-11-21(19)36-15-6-2)37(34,35)27-13-12-17-9-7-14-30(17)3;1-4-6-13-15(16(17(20)24)23(3)22-13)21-18(25)12-10-11(29(19,26)27)7-8-14(12)28-9-5-2;1-9-6-2-3-7(9)4-5-8/h10-11,16-17,27H,5-9,12-15H2,1-4H3,(H2,26,32)(H,28,33);7-8,10H,4-6,9H2,1-3H3,(H2,20,24)(H,21,25);7H,2-6,8H2,1H3. The fourth-order valence-electron chi connectivity index (χ4n) is 8.86. The summed E-state index contributed by atoms with van der Waals surface area (Å²) >= 11 is 0. The summed E-state index contributed by atoms with van der Waals surface area (Å²) in [6.07, 6.45) is 10.6. The van der Waals surface area contributed by atoms with Gasteiger partial charge in [0.1, 0.15) is 22.9 Å². The molecule has 2 aliphatic rings. The molecule has 2 aromatic carbocycles. The lowest BCUT2D eigenvalue weighted by Crippen LogP contribution is -2.32. The minimum absolute atomic E-state index is 0.0357. The van der Waals surface area contributed by atoms with E-state index in [1.807, 2.05) is 34.7 Å². The van der Waals surface area contributed by atoms with Gasteiger partial charge in [0.15, 0.2) is 0 Å². The van der Waals surface area contributed by atoms with E-state index in [2.05, 4.69) is 42.4 Å². The van der Waals surface area contributed by atoms with Crippen LogP contribution in [0, 0.1) is 0 Å². The number of nitrogens with two attached hydrogens (primary N) is 3. The number of nitrogens with zero attached hydrogens (tertiary/aromatic N) is 6. The summed E-state index contributed by atoms with van der Waals surface area (Å²) in [7, 11) is 4.85. The number of aryl methyl sites for hydroxylation is 4. The Labute approximate surface area is 446 Å². The van der Waals surface area contributed by atoms with Crippen LogP contribution in [-0.4, -0.2) is 135 Å². The maximum atomic E-state index is 13.4. The Morgan fingerprint density at radius 3 is 1.47 bits per heavy atom. The average Bonchev–Trinajstić information content (AvgIpc) is 4.12. The summed E-state index contributed by atoms with van der Waals surface area (Å²) in [6.45, 7) is 11.8. The second-order valence-electron chi connectivity index (χ2n) is 18.5. The van der Waals surface area contributed by atoms with Gasteiger partial charge in [-0.05, 0) is 134 Å². The van der Waals surface area contributed by atoms with E-state index in [0.717, 1.165) is 50.9 Å². The molecule has 4 amide bonds. The molecule has 2 saturated heterocycles. The number of hydrogen-bond donors (Lipinski definition) is 6. The van der Waals surface area contributed by atoms with E-state index in [9.17, 15) is 36.0 Å².